The normalized spacial score (nSPS) is 15.2. The van der Waals surface area contributed by atoms with Crippen molar-refractivity contribution in [2.75, 3.05) is 0 Å². The third-order valence-electron chi connectivity index (χ3n) is 2.93. The van der Waals surface area contributed by atoms with Crippen molar-refractivity contribution in [2.45, 2.75) is 33.3 Å². The van der Waals surface area contributed by atoms with Gasteiger partial charge in [-0.25, -0.2) is 0 Å². The third kappa shape index (κ3) is 3.65. The van der Waals surface area contributed by atoms with Crippen LogP contribution in [0.3, 0.4) is 0 Å². The highest BCUT2D eigenvalue weighted by molar-refractivity contribution is 6.42. The van der Waals surface area contributed by atoms with E-state index in [1.54, 1.807) is 6.07 Å². The van der Waals surface area contributed by atoms with Crippen LogP contribution in [0.25, 0.3) is 0 Å². The number of hydrogen-bond donors (Lipinski definition) is 1. The second-order valence-electron chi connectivity index (χ2n) is 4.60. The van der Waals surface area contributed by atoms with Crippen molar-refractivity contribution in [3.63, 3.8) is 0 Å². The van der Waals surface area contributed by atoms with E-state index in [0.29, 0.717) is 16.0 Å². The molecule has 0 saturated heterocycles. The maximum absolute atomic E-state index is 9.71. The lowest BCUT2D eigenvalue weighted by Gasteiger charge is -2.24. The van der Waals surface area contributed by atoms with Gasteiger partial charge in [-0.15, -0.1) is 0 Å². The summed E-state index contributed by atoms with van der Waals surface area (Å²) in [6, 6.07) is 5.65. The van der Waals surface area contributed by atoms with E-state index in [1.165, 1.54) is 0 Å². The molecule has 1 N–H and O–H groups in total. The molecule has 2 atom stereocenters. The summed E-state index contributed by atoms with van der Waals surface area (Å²) < 4.78 is 0. The van der Waals surface area contributed by atoms with E-state index >= 15 is 0 Å². The Morgan fingerprint density at radius 1 is 1.12 bits per heavy atom. The SMILES string of the molecule is CC(C)C(Cc1ccc(Cl)c(Cl)c1)C(C)O. The molecule has 1 rings (SSSR count). The van der Waals surface area contributed by atoms with E-state index in [4.69, 9.17) is 23.2 Å². The van der Waals surface area contributed by atoms with Crippen molar-refractivity contribution in [1.82, 2.24) is 0 Å². The quantitative estimate of drug-likeness (QED) is 0.861. The molecule has 0 amide bonds. The van der Waals surface area contributed by atoms with Gasteiger partial charge in [-0.3, -0.25) is 0 Å². The van der Waals surface area contributed by atoms with Gasteiger partial charge in [0.25, 0.3) is 0 Å². The van der Waals surface area contributed by atoms with E-state index in [9.17, 15) is 5.11 Å². The molecule has 0 radical (unpaired) electrons. The standard InChI is InChI=1S/C13H18Cl2O/c1-8(2)11(9(3)16)6-10-4-5-12(14)13(15)7-10/h4-5,7-9,11,16H,6H2,1-3H3. The second-order valence-corrected chi connectivity index (χ2v) is 5.42. The Labute approximate surface area is 107 Å². The fourth-order valence-electron chi connectivity index (χ4n) is 1.90. The molecule has 1 aromatic carbocycles. The smallest absolute Gasteiger partial charge is 0.0595 e. The van der Waals surface area contributed by atoms with Crippen LogP contribution >= 0.6 is 23.2 Å². The van der Waals surface area contributed by atoms with Crippen molar-refractivity contribution < 1.29 is 5.11 Å². The van der Waals surface area contributed by atoms with Crippen LogP contribution in [-0.4, -0.2) is 11.2 Å². The molecular weight excluding hydrogens is 243 g/mol. The van der Waals surface area contributed by atoms with E-state index in [-0.39, 0.29) is 12.0 Å². The van der Waals surface area contributed by atoms with Gasteiger partial charge in [0.05, 0.1) is 16.1 Å². The largest absolute Gasteiger partial charge is 0.393 e. The van der Waals surface area contributed by atoms with Crippen molar-refractivity contribution >= 4 is 23.2 Å². The van der Waals surface area contributed by atoms with Gasteiger partial charge in [0.2, 0.25) is 0 Å². The highest BCUT2D eigenvalue weighted by Crippen LogP contribution is 2.26. The molecule has 0 aliphatic heterocycles. The average molecular weight is 261 g/mol. The molecule has 0 saturated carbocycles. The highest BCUT2D eigenvalue weighted by atomic mass is 35.5. The lowest BCUT2D eigenvalue weighted by Crippen LogP contribution is -2.24. The van der Waals surface area contributed by atoms with Crippen molar-refractivity contribution in [3.05, 3.63) is 33.8 Å². The topological polar surface area (TPSA) is 20.2 Å². The Hall–Kier alpha value is -0.240. The van der Waals surface area contributed by atoms with Crippen LogP contribution in [0.2, 0.25) is 10.0 Å². The summed E-state index contributed by atoms with van der Waals surface area (Å²) in [7, 11) is 0. The summed E-state index contributed by atoms with van der Waals surface area (Å²) in [6.45, 7) is 6.08. The van der Waals surface area contributed by atoms with Gasteiger partial charge >= 0.3 is 0 Å². The molecule has 0 fully saturated rings. The van der Waals surface area contributed by atoms with Gasteiger partial charge in [0, 0.05) is 0 Å². The molecule has 3 heteroatoms. The number of halogens is 2. The van der Waals surface area contributed by atoms with Crippen molar-refractivity contribution in [1.29, 1.82) is 0 Å². The molecule has 0 aromatic heterocycles. The minimum atomic E-state index is -0.311. The fourth-order valence-corrected chi connectivity index (χ4v) is 2.22. The van der Waals surface area contributed by atoms with Crippen LogP contribution in [0.1, 0.15) is 26.3 Å². The average Bonchev–Trinajstić information content (AvgIpc) is 2.18. The number of benzene rings is 1. The molecule has 90 valence electrons. The Bertz CT molecular complexity index is 340. The van der Waals surface area contributed by atoms with Gasteiger partial charge < -0.3 is 5.11 Å². The first kappa shape index (κ1) is 13.8. The van der Waals surface area contributed by atoms with Gasteiger partial charge in [0.1, 0.15) is 0 Å². The zero-order valence-electron chi connectivity index (χ0n) is 9.87. The molecule has 1 aromatic rings. The monoisotopic (exact) mass is 260 g/mol. The zero-order valence-corrected chi connectivity index (χ0v) is 11.4. The Morgan fingerprint density at radius 3 is 2.19 bits per heavy atom. The van der Waals surface area contributed by atoms with Crippen LogP contribution in [0.5, 0.6) is 0 Å². The zero-order chi connectivity index (χ0) is 12.3. The first-order chi connectivity index (χ1) is 7.41. The van der Waals surface area contributed by atoms with E-state index in [1.807, 2.05) is 19.1 Å². The van der Waals surface area contributed by atoms with Gasteiger partial charge in [-0.1, -0.05) is 43.1 Å². The summed E-state index contributed by atoms with van der Waals surface area (Å²) >= 11 is 11.8. The van der Waals surface area contributed by atoms with Gasteiger partial charge in [-0.2, -0.15) is 0 Å². The summed E-state index contributed by atoms with van der Waals surface area (Å²) in [5, 5.41) is 10.9. The Balaban J connectivity index is 2.81. The van der Waals surface area contributed by atoms with Crippen LogP contribution in [0, 0.1) is 11.8 Å². The number of aliphatic hydroxyl groups is 1. The maximum atomic E-state index is 9.71. The van der Waals surface area contributed by atoms with E-state index < -0.39 is 0 Å². The molecule has 2 unspecified atom stereocenters. The predicted octanol–water partition coefficient (Wildman–Crippen LogP) is 4.19. The molecule has 0 heterocycles. The predicted molar refractivity (Wildman–Crippen MR) is 70.2 cm³/mol. The second kappa shape index (κ2) is 5.90. The number of rotatable bonds is 4. The molecular formula is C13H18Cl2O. The minimum Gasteiger partial charge on any atom is -0.393 e. The van der Waals surface area contributed by atoms with Crippen LogP contribution in [0.4, 0.5) is 0 Å². The molecule has 0 bridgehead atoms. The molecule has 1 nitrogen and oxygen atoms in total. The lowest BCUT2D eigenvalue weighted by atomic mass is 9.85. The summed E-state index contributed by atoms with van der Waals surface area (Å²) in [5.74, 6) is 0.687. The van der Waals surface area contributed by atoms with Gasteiger partial charge in [-0.05, 0) is 42.9 Å². The molecule has 0 spiro atoms. The number of aliphatic hydroxyl groups excluding tert-OH is 1. The highest BCUT2D eigenvalue weighted by Gasteiger charge is 2.19. The molecule has 16 heavy (non-hydrogen) atoms. The Morgan fingerprint density at radius 2 is 1.75 bits per heavy atom. The van der Waals surface area contributed by atoms with Gasteiger partial charge in [0.15, 0.2) is 0 Å². The van der Waals surface area contributed by atoms with Crippen molar-refractivity contribution in [2.24, 2.45) is 11.8 Å². The molecule has 0 aliphatic carbocycles. The van der Waals surface area contributed by atoms with Crippen LogP contribution < -0.4 is 0 Å². The summed E-state index contributed by atoms with van der Waals surface area (Å²) in [6.07, 6.45) is 0.515. The summed E-state index contributed by atoms with van der Waals surface area (Å²) in [5.41, 5.74) is 1.12. The minimum absolute atomic E-state index is 0.247. The Kier molecular flexibility index (Phi) is 5.10. The van der Waals surface area contributed by atoms with Crippen LogP contribution in [0.15, 0.2) is 18.2 Å². The first-order valence-electron chi connectivity index (χ1n) is 5.53. The molecule has 0 aliphatic rings. The van der Waals surface area contributed by atoms with Crippen LogP contribution in [-0.2, 0) is 6.42 Å². The first-order valence-corrected chi connectivity index (χ1v) is 6.29. The van der Waals surface area contributed by atoms with Crippen molar-refractivity contribution in [3.8, 4) is 0 Å². The van der Waals surface area contributed by atoms with E-state index in [2.05, 4.69) is 13.8 Å². The lowest BCUT2D eigenvalue weighted by molar-refractivity contribution is 0.0977. The fraction of sp³-hybridized carbons (Fsp3) is 0.538. The third-order valence-corrected chi connectivity index (χ3v) is 3.67. The maximum Gasteiger partial charge on any atom is 0.0595 e. The number of hydrogen-bond acceptors (Lipinski definition) is 1. The van der Waals surface area contributed by atoms with E-state index in [0.717, 1.165) is 12.0 Å². The summed E-state index contributed by atoms with van der Waals surface area (Å²) in [4.78, 5) is 0.